The number of halogens is 3. The third kappa shape index (κ3) is 4.38. The molecule has 1 amide bonds. The molecule has 2 aromatic carbocycles. The molecule has 0 aliphatic heterocycles. The van der Waals surface area contributed by atoms with E-state index in [-0.39, 0.29) is 33.6 Å². The van der Waals surface area contributed by atoms with E-state index in [1.54, 1.807) is 24.3 Å². The molecule has 0 saturated heterocycles. The summed E-state index contributed by atoms with van der Waals surface area (Å²) in [6, 6.07) is 9.96. The van der Waals surface area contributed by atoms with Gasteiger partial charge in [-0.25, -0.2) is 4.79 Å². The highest BCUT2D eigenvalue weighted by Crippen LogP contribution is 2.32. The first-order valence-electron chi connectivity index (χ1n) is 6.53. The van der Waals surface area contributed by atoms with Crippen molar-refractivity contribution < 1.29 is 14.3 Å². The number of nitrogens with one attached hydrogen (secondary N) is 1. The standard InChI is InChI=1S/C16H12Cl3NO3/c1-23-16(22)14-11(18)5-6-12(15(14)19)20-13(21)8-9-3-2-4-10(17)7-9/h2-7H,8H2,1H3,(H,20,21). The lowest BCUT2D eigenvalue weighted by molar-refractivity contribution is -0.115. The summed E-state index contributed by atoms with van der Waals surface area (Å²) in [5.41, 5.74) is 1.05. The molecule has 0 bridgehead atoms. The number of anilines is 1. The smallest absolute Gasteiger partial charge is 0.340 e. The highest BCUT2D eigenvalue weighted by Gasteiger charge is 2.19. The van der Waals surface area contributed by atoms with Gasteiger partial charge in [-0.05, 0) is 29.8 Å². The molecule has 2 rings (SSSR count). The first-order valence-corrected chi connectivity index (χ1v) is 7.66. The van der Waals surface area contributed by atoms with Gasteiger partial charge in [0.2, 0.25) is 5.91 Å². The molecule has 0 aliphatic rings. The Kier molecular flexibility index (Phi) is 5.88. The Hall–Kier alpha value is -1.75. The zero-order valence-corrected chi connectivity index (χ0v) is 14.3. The summed E-state index contributed by atoms with van der Waals surface area (Å²) >= 11 is 18.0. The van der Waals surface area contributed by atoms with E-state index in [0.717, 1.165) is 5.56 Å². The maximum atomic E-state index is 12.1. The van der Waals surface area contributed by atoms with E-state index in [0.29, 0.717) is 5.02 Å². The molecule has 120 valence electrons. The van der Waals surface area contributed by atoms with Crippen LogP contribution >= 0.6 is 34.8 Å². The van der Waals surface area contributed by atoms with E-state index in [1.807, 2.05) is 0 Å². The van der Waals surface area contributed by atoms with Crippen LogP contribution in [0.25, 0.3) is 0 Å². The molecule has 1 N–H and O–H groups in total. The number of hydrogen-bond donors (Lipinski definition) is 1. The normalized spacial score (nSPS) is 10.3. The number of carbonyl (C=O) groups excluding carboxylic acids is 2. The topological polar surface area (TPSA) is 55.4 Å². The summed E-state index contributed by atoms with van der Waals surface area (Å²) in [4.78, 5) is 23.8. The average molecular weight is 373 g/mol. The quantitative estimate of drug-likeness (QED) is 0.797. The maximum absolute atomic E-state index is 12.1. The summed E-state index contributed by atoms with van der Waals surface area (Å²) < 4.78 is 4.63. The summed E-state index contributed by atoms with van der Waals surface area (Å²) in [6.45, 7) is 0. The Morgan fingerprint density at radius 3 is 2.52 bits per heavy atom. The Bertz CT molecular complexity index is 762. The number of methoxy groups -OCH3 is 1. The number of amides is 1. The Morgan fingerprint density at radius 1 is 1.13 bits per heavy atom. The summed E-state index contributed by atoms with van der Waals surface area (Å²) in [5.74, 6) is -0.974. The number of ether oxygens (including phenoxy) is 1. The molecule has 0 atom stereocenters. The minimum atomic E-state index is -0.675. The van der Waals surface area contributed by atoms with Gasteiger partial charge in [-0.3, -0.25) is 4.79 Å². The molecule has 0 heterocycles. The maximum Gasteiger partial charge on any atom is 0.340 e. The third-order valence-corrected chi connectivity index (χ3v) is 3.95. The Balaban J connectivity index is 2.20. The minimum absolute atomic E-state index is 0.0105. The van der Waals surface area contributed by atoms with E-state index in [1.165, 1.54) is 19.2 Å². The molecule has 0 spiro atoms. The van der Waals surface area contributed by atoms with Gasteiger partial charge in [0.1, 0.15) is 0 Å². The molecule has 23 heavy (non-hydrogen) atoms. The third-order valence-electron chi connectivity index (χ3n) is 3.01. The van der Waals surface area contributed by atoms with Gasteiger partial charge in [0.15, 0.2) is 0 Å². The summed E-state index contributed by atoms with van der Waals surface area (Å²) in [7, 11) is 1.22. The van der Waals surface area contributed by atoms with Crippen molar-refractivity contribution in [3.8, 4) is 0 Å². The van der Waals surface area contributed by atoms with Crippen molar-refractivity contribution in [2.75, 3.05) is 12.4 Å². The molecule has 4 nitrogen and oxygen atoms in total. The highest BCUT2D eigenvalue weighted by molar-refractivity contribution is 6.41. The molecular weight excluding hydrogens is 361 g/mol. The van der Waals surface area contributed by atoms with Crippen molar-refractivity contribution in [3.05, 3.63) is 62.6 Å². The predicted octanol–water partition coefficient (Wildman–Crippen LogP) is 4.61. The van der Waals surface area contributed by atoms with Crippen LogP contribution < -0.4 is 5.32 Å². The van der Waals surface area contributed by atoms with Crippen molar-refractivity contribution in [1.29, 1.82) is 0 Å². The van der Waals surface area contributed by atoms with Crippen LogP contribution in [0.1, 0.15) is 15.9 Å². The van der Waals surface area contributed by atoms with Gasteiger partial charge >= 0.3 is 5.97 Å². The number of hydrogen-bond acceptors (Lipinski definition) is 3. The molecule has 0 unspecified atom stereocenters. The van der Waals surface area contributed by atoms with Crippen molar-refractivity contribution in [2.24, 2.45) is 0 Å². The van der Waals surface area contributed by atoms with E-state index in [9.17, 15) is 9.59 Å². The van der Waals surface area contributed by atoms with Crippen LogP contribution in [0.4, 0.5) is 5.69 Å². The van der Waals surface area contributed by atoms with Crippen molar-refractivity contribution in [2.45, 2.75) is 6.42 Å². The van der Waals surface area contributed by atoms with E-state index < -0.39 is 5.97 Å². The Morgan fingerprint density at radius 2 is 1.87 bits per heavy atom. The molecule has 2 aromatic rings. The van der Waals surface area contributed by atoms with Crippen LogP contribution in [-0.4, -0.2) is 19.0 Å². The van der Waals surface area contributed by atoms with Crippen LogP contribution in [0.15, 0.2) is 36.4 Å². The first kappa shape index (κ1) is 17.6. The second kappa shape index (κ2) is 7.68. The van der Waals surface area contributed by atoms with Crippen LogP contribution in [0.5, 0.6) is 0 Å². The van der Waals surface area contributed by atoms with Crippen molar-refractivity contribution in [3.63, 3.8) is 0 Å². The zero-order valence-electron chi connectivity index (χ0n) is 12.0. The lowest BCUT2D eigenvalue weighted by Crippen LogP contribution is -2.15. The monoisotopic (exact) mass is 371 g/mol. The van der Waals surface area contributed by atoms with Crippen LogP contribution in [-0.2, 0) is 16.0 Å². The van der Waals surface area contributed by atoms with Crippen molar-refractivity contribution in [1.82, 2.24) is 0 Å². The lowest BCUT2D eigenvalue weighted by Gasteiger charge is -2.11. The number of benzene rings is 2. The van der Waals surface area contributed by atoms with Crippen LogP contribution in [0.2, 0.25) is 15.1 Å². The SMILES string of the molecule is COC(=O)c1c(Cl)ccc(NC(=O)Cc2cccc(Cl)c2)c1Cl. The van der Waals surface area contributed by atoms with Crippen LogP contribution in [0.3, 0.4) is 0 Å². The summed E-state index contributed by atoms with van der Waals surface area (Å²) in [5, 5.41) is 3.37. The molecule has 0 saturated carbocycles. The minimum Gasteiger partial charge on any atom is -0.465 e. The van der Waals surface area contributed by atoms with Crippen molar-refractivity contribution >= 4 is 52.4 Å². The Labute approximate surface area is 148 Å². The van der Waals surface area contributed by atoms with Gasteiger partial charge in [0, 0.05) is 5.02 Å². The highest BCUT2D eigenvalue weighted by atomic mass is 35.5. The van der Waals surface area contributed by atoms with Gasteiger partial charge < -0.3 is 10.1 Å². The average Bonchev–Trinajstić information content (AvgIpc) is 2.50. The fourth-order valence-corrected chi connectivity index (χ4v) is 2.75. The molecule has 0 fully saturated rings. The lowest BCUT2D eigenvalue weighted by atomic mass is 10.1. The van der Waals surface area contributed by atoms with Crippen LogP contribution in [0, 0.1) is 0 Å². The largest absolute Gasteiger partial charge is 0.465 e. The molecule has 7 heteroatoms. The molecular formula is C16H12Cl3NO3. The second-order valence-electron chi connectivity index (χ2n) is 4.63. The first-order chi connectivity index (χ1) is 10.9. The number of esters is 1. The molecule has 0 aromatic heterocycles. The van der Waals surface area contributed by atoms with E-state index >= 15 is 0 Å². The van der Waals surface area contributed by atoms with Gasteiger partial charge in [-0.1, -0.05) is 46.9 Å². The van der Waals surface area contributed by atoms with E-state index in [2.05, 4.69) is 10.1 Å². The van der Waals surface area contributed by atoms with E-state index in [4.69, 9.17) is 34.8 Å². The van der Waals surface area contributed by atoms with Gasteiger partial charge in [-0.2, -0.15) is 0 Å². The number of rotatable bonds is 4. The number of carbonyl (C=O) groups is 2. The predicted molar refractivity (Wildman–Crippen MR) is 91.6 cm³/mol. The zero-order chi connectivity index (χ0) is 17.0. The fraction of sp³-hybridized carbons (Fsp3) is 0.125. The fourth-order valence-electron chi connectivity index (χ4n) is 1.96. The van der Waals surface area contributed by atoms with Gasteiger partial charge in [-0.15, -0.1) is 0 Å². The second-order valence-corrected chi connectivity index (χ2v) is 5.85. The van der Waals surface area contributed by atoms with Gasteiger partial charge in [0.25, 0.3) is 0 Å². The van der Waals surface area contributed by atoms with Gasteiger partial charge in [0.05, 0.1) is 34.8 Å². The molecule has 0 aliphatic carbocycles. The molecule has 0 radical (unpaired) electrons. The summed E-state index contributed by atoms with van der Waals surface area (Å²) in [6.07, 6.45) is 0.118.